The van der Waals surface area contributed by atoms with Crippen molar-refractivity contribution in [2.75, 3.05) is 26.9 Å². The molecular weight excluding hydrogens is 242 g/mol. The Morgan fingerprint density at radius 2 is 1.95 bits per heavy atom. The number of aryl methyl sites for hydroxylation is 1. The summed E-state index contributed by atoms with van der Waals surface area (Å²) in [6.07, 6.45) is 1.86. The van der Waals surface area contributed by atoms with Crippen LogP contribution in [-0.2, 0) is 28.9 Å². The fraction of sp³-hybridized carbons (Fsp3) is 0.786. The summed E-state index contributed by atoms with van der Waals surface area (Å²) < 4.78 is 12.5. The molecule has 2 N–H and O–H groups in total. The third kappa shape index (κ3) is 4.30. The van der Waals surface area contributed by atoms with Crippen molar-refractivity contribution in [3.05, 3.63) is 17.0 Å². The van der Waals surface area contributed by atoms with E-state index in [1.54, 1.807) is 7.11 Å². The number of hydrogen-bond donors (Lipinski definition) is 1. The summed E-state index contributed by atoms with van der Waals surface area (Å²) in [5, 5.41) is 4.66. The number of nitrogens with two attached hydrogens (primary N) is 1. The van der Waals surface area contributed by atoms with Crippen LogP contribution in [0.15, 0.2) is 0 Å². The molecule has 1 atom stereocenters. The Morgan fingerprint density at radius 1 is 1.21 bits per heavy atom. The highest BCUT2D eigenvalue weighted by Crippen LogP contribution is 2.22. The Morgan fingerprint density at radius 3 is 2.47 bits per heavy atom. The van der Waals surface area contributed by atoms with Crippen molar-refractivity contribution in [2.45, 2.75) is 46.2 Å². The molecule has 1 unspecified atom stereocenters. The SMILES string of the molecule is CCc1nn(CCOCCOC)c(CC)c1C(C)N. The minimum Gasteiger partial charge on any atom is -0.382 e. The van der Waals surface area contributed by atoms with Gasteiger partial charge in [0.25, 0.3) is 0 Å². The maximum Gasteiger partial charge on any atom is 0.0701 e. The number of rotatable bonds is 9. The van der Waals surface area contributed by atoms with E-state index in [1.165, 1.54) is 11.3 Å². The van der Waals surface area contributed by atoms with Crippen molar-refractivity contribution in [3.8, 4) is 0 Å². The first-order valence-corrected chi connectivity index (χ1v) is 7.06. The minimum absolute atomic E-state index is 0.0352. The van der Waals surface area contributed by atoms with Gasteiger partial charge in [-0.1, -0.05) is 13.8 Å². The lowest BCUT2D eigenvalue weighted by molar-refractivity contribution is 0.0651. The van der Waals surface area contributed by atoms with Gasteiger partial charge in [0, 0.05) is 24.4 Å². The molecule has 1 aromatic rings. The van der Waals surface area contributed by atoms with Crippen molar-refractivity contribution < 1.29 is 9.47 Å². The maximum atomic E-state index is 6.07. The van der Waals surface area contributed by atoms with Gasteiger partial charge in [-0.25, -0.2) is 0 Å². The molecule has 0 aromatic carbocycles. The van der Waals surface area contributed by atoms with Gasteiger partial charge in [-0.3, -0.25) is 4.68 Å². The average Bonchev–Trinajstić information content (AvgIpc) is 2.76. The predicted octanol–water partition coefficient (Wildman–Crippen LogP) is 1.69. The Hall–Kier alpha value is -0.910. The van der Waals surface area contributed by atoms with Gasteiger partial charge in [-0.2, -0.15) is 5.10 Å². The molecule has 0 fully saturated rings. The summed E-state index contributed by atoms with van der Waals surface area (Å²) in [6, 6.07) is 0.0352. The van der Waals surface area contributed by atoms with Gasteiger partial charge in [0.15, 0.2) is 0 Å². The molecule has 1 aromatic heterocycles. The van der Waals surface area contributed by atoms with Crippen LogP contribution in [0.25, 0.3) is 0 Å². The van der Waals surface area contributed by atoms with E-state index in [1.807, 2.05) is 11.6 Å². The Balaban J connectivity index is 2.72. The Kier molecular flexibility index (Phi) is 7.05. The van der Waals surface area contributed by atoms with E-state index in [-0.39, 0.29) is 6.04 Å². The summed E-state index contributed by atoms with van der Waals surface area (Å²) in [5.74, 6) is 0. The molecule has 0 spiro atoms. The summed E-state index contributed by atoms with van der Waals surface area (Å²) in [5.41, 5.74) is 9.64. The highest BCUT2D eigenvalue weighted by atomic mass is 16.5. The second-order valence-corrected chi connectivity index (χ2v) is 4.63. The van der Waals surface area contributed by atoms with E-state index in [9.17, 15) is 0 Å². The van der Waals surface area contributed by atoms with Crippen LogP contribution in [0.4, 0.5) is 0 Å². The molecule has 0 bridgehead atoms. The molecule has 0 saturated heterocycles. The highest BCUT2D eigenvalue weighted by molar-refractivity contribution is 5.29. The lowest BCUT2D eigenvalue weighted by atomic mass is 10.0. The van der Waals surface area contributed by atoms with Crippen LogP contribution in [-0.4, -0.2) is 36.7 Å². The van der Waals surface area contributed by atoms with Crippen LogP contribution in [0.3, 0.4) is 0 Å². The second kappa shape index (κ2) is 8.30. The zero-order valence-electron chi connectivity index (χ0n) is 12.6. The van der Waals surface area contributed by atoms with Gasteiger partial charge in [-0.05, 0) is 19.8 Å². The maximum absolute atomic E-state index is 6.07. The van der Waals surface area contributed by atoms with Crippen LogP contribution in [0.2, 0.25) is 0 Å². The van der Waals surface area contributed by atoms with Gasteiger partial charge in [0.2, 0.25) is 0 Å². The third-order valence-corrected chi connectivity index (χ3v) is 3.18. The lowest BCUT2D eigenvalue weighted by Crippen LogP contribution is -2.14. The van der Waals surface area contributed by atoms with Gasteiger partial charge in [-0.15, -0.1) is 0 Å². The van der Waals surface area contributed by atoms with Gasteiger partial charge in [0.05, 0.1) is 32.1 Å². The molecule has 5 nitrogen and oxygen atoms in total. The number of ether oxygens (including phenoxy) is 2. The fourth-order valence-corrected chi connectivity index (χ4v) is 2.31. The Labute approximate surface area is 116 Å². The largest absolute Gasteiger partial charge is 0.382 e. The average molecular weight is 269 g/mol. The molecular formula is C14H27N3O2. The molecule has 1 rings (SSSR count). The van der Waals surface area contributed by atoms with Gasteiger partial charge in [0.1, 0.15) is 0 Å². The molecule has 19 heavy (non-hydrogen) atoms. The lowest BCUT2D eigenvalue weighted by Gasteiger charge is -2.10. The topological polar surface area (TPSA) is 62.3 Å². The number of methoxy groups -OCH3 is 1. The third-order valence-electron chi connectivity index (χ3n) is 3.18. The van der Waals surface area contributed by atoms with Crippen molar-refractivity contribution in [2.24, 2.45) is 5.73 Å². The van der Waals surface area contributed by atoms with Crippen LogP contribution in [0, 0.1) is 0 Å². The molecule has 5 heteroatoms. The van der Waals surface area contributed by atoms with Crippen molar-refractivity contribution in [1.82, 2.24) is 9.78 Å². The molecule has 0 aliphatic rings. The van der Waals surface area contributed by atoms with Gasteiger partial charge >= 0.3 is 0 Å². The zero-order valence-corrected chi connectivity index (χ0v) is 12.6. The summed E-state index contributed by atoms with van der Waals surface area (Å²) >= 11 is 0. The van der Waals surface area contributed by atoms with Crippen LogP contribution >= 0.6 is 0 Å². The van der Waals surface area contributed by atoms with Gasteiger partial charge < -0.3 is 15.2 Å². The van der Waals surface area contributed by atoms with E-state index >= 15 is 0 Å². The molecule has 0 aliphatic heterocycles. The molecule has 110 valence electrons. The second-order valence-electron chi connectivity index (χ2n) is 4.63. The number of nitrogens with zero attached hydrogens (tertiary/aromatic N) is 2. The highest BCUT2D eigenvalue weighted by Gasteiger charge is 2.17. The van der Waals surface area contributed by atoms with E-state index in [2.05, 4.69) is 18.9 Å². The summed E-state index contributed by atoms with van der Waals surface area (Å²) in [6.45, 7) is 8.96. The Bertz CT molecular complexity index is 375. The van der Waals surface area contributed by atoms with E-state index < -0.39 is 0 Å². The molecule has 0 amide bonds. The van der Waals surface area contributed by atoms with Crippen LogP contribution < -0.4 is 5.73 Å². The van der Waals surface area contributed by atoms with Crippen molar-refractivity contribution in [1.29, 1.82) is 0 Å². The molecule has 1 heterocycles. The first-order chi connectivity index (χ1) is 9.15. The zero-order chi connectivity index (χ0) is 14.3. The fourth-order valence-electron chi connectivity index (χ4n) is 2.31. The number of hydrogen-bond acceptors (Lipinski definition) is 4. The van der Waals surface area contributed by atoms with E-state index in [0.29, 0.717) is 19.8 Å². The summed E-state index contributed by atoms with van der Waals surface area (Å²) in [4.78, 5) is 0. The minimum atomic E-state index is 0.0352. The smallest absolute Gasteiger partial charge is 0.0701 e. The first kappa shape index (κ1) is 16.1. The summed E-state index contributed by atoms with van der Waals surface area (Å²) in [7, 11) is 1.68. The van der Waals surface area contributed by atoms with Crippen LogP contribution in [0.1, 0.15) is 43.8 Å². The van der Waals surface area contributed by atoms with E-state index in [4.69, 9.17) is 15.2 Å². The normalized spacial score (nSPS) is 12.9. The van der Waals surface area contributed by atoms with Crippen molar-refractivity contribution >= 4 is 0 Å². The number of aromatic nitrogens is 2. The molecule has 0 aliphatic carbocycles. The first-order valence-electron chi connectivity index (χ1n) is 7.06. The van der Waals surface area contributed by atoms with Crippen LogP contribution in [0.5, 0.6) is 0 Å². The predicted molar refractivity (Wildman–Crippen MR) is 76.3 cm³/mol. The van der Waals surface area contributed by atoms with Crippen molar-refractivity contribution in [3.63, 3.8) is 0 Å². The van der Waals surface area contributed by atoms with E-state index in [0.717, 1.165) is 25.1 Å². The molecule has 0 radical (unpaired) electrons. The molecule has 0 saturated carbocycles. The monoisotopic (exact) mass is 269 g/mol. The quantitative estimate of drug-likeness (QED) is 0.693. The standard InChI is InChI=1S/C14H27N3O2/c1-5-12-14(11(3)15)13(6-2)17(16-12)7-8-19-10-9-18-4/h11H,5-10,15H2,1-4H3.